The summed E-state index contributed by atoms with van der Waals surface area (Å²) < 4.78 is 5.48. The molecule has 0 unspecified atom stereocenters. The Balaban J connectivity index is 2.21. The quantitative estimate of drug-likeness (QED) is 0.630. The van der Waals surface area contributed by atoms with Crippen LogP contribution in [0.1, 0.15) is 5.69 Å². The third kappa shape index (κ3) is 2.88. The summed E-state index contributed by atoms with van der Waals surface area (Å²) in [4.78, 5) is 8.23. The monoisotopic (exact) mass is 246 g/mol. The number of aromatic nitrogens is 2. The normalized spacial score (nSPS) is 9.88. The number of anilines is 1. The summed E-state index contributed by atoms with van der Waals surface area (Å²) in [6, 6.07) is 6.95. The molecule has 5 nitrogen and oxygen atoms in total. The summed E-state index contributed by atoms with van der Waals surface area (Å²) in [5.41, 5.74) is 12.1. The molecule has 0 radical (unpaired) electrons. The molecular formula is C11H10N4OS. The lowest BCUT2D eigenvalue weighted by molar-refractivity contribution is 0.460. The zero-order valence-corrected chi connectivity index (χ0v) is 9.65. The van der Waals surface area contributed by atoms with Crippen molar-refractivity contribution in [3.05, 3.63) is 42.4 Å². The highest BCUT2D eigenvalue weighted by Crippen LogP contribution is 2.19. The zero-order valence-electron chi connectivity index (χ0n) is 8.83. The predicted molar refractivity (Wildman–Crippen MR) is 68.8 cm³/mol. The molecule has 1 aromatic carbocycles. The third-order valence-electron chi connectivity index (χ3n) is 1.97. The van der Waals surface area contributed by atoms with Gasteiger partial charge in [-0.1, -0.05) is 12.2 Å². The SMILES string of the molecule is NC(=S)c1cncc(Oc2ccc(N)cc2)n1. The van der Waals surface area contributed by atoms with Crippen molar-refractivity contribution in [1.82, 2.24) is 9.97 Å². The Kier molecular flexibility index (Phi) is 3.15. The molecule has 1 aromatic heterocycles. The number of rotatable bonds is 3. The first-order valence-electron chi connectivity index (χ1n) is 4.80. The molecule has 0 aliphatic rings. The molecule has 0 fully saturated rings. The van der Waals surface area contributed by atoms with E-state index in [1.54, 1.807) is 24.3 Å². The number of nitrogens with zero attached hydrogens (tertiary/aromatic N) is 2. The number of hydrogen-bond acceptors (Lipinski definition) is 5. The van der Waals surface area contributed by atoms with Gasteiger partial charge in [-0.05, 0) is 24.3 Å². The van der Waals surface area contributed by atoms with E-state index in [2.05, 4.69) is 9.97 Å². The Morgan fingerprint density at radius 3 is 2.53 bits per heavy atom. The fraction of sp³-hybridized carbons (Fsp3) is 0. The lowest BCUT2D eigenvalue weighted by Crippen LogP contribution is -2.12. The average Bonchev–Trinajstić information content (AvgIpc) is 2.32. The van der Waals surface area contributed by atoms with Gasteiger partial charge in [-0.3, -0.25) is 4.98 Å². The van der Waals surface area contributed by atoms with E-state index in [-0.39, 0.29) is 4.99 Å². The lowest BCUT2D eigenvalue weighted by Gasteiger charge is -2.05. The maximum absolute atomic E-state index is 5.57. The van der Waals surface area contributed by atoms with E-state index >= 15 is 0 Å². The molecule has 0 saturated heterocycles. The second-order valence-electron chi connectivity index (χ2n) is 3.28. The number of nitrogen functional groups attached to an aromatic ring is 1. The van der Waals surface area contributed by atoms with Gasteiger partial charge in [0.1, 0.15) is 16.4 Å². The molecule has 0 saturated carbocycles. The highest BCUT2D eigenvalue weighted by Gasteiger charge is 2.03. The van der Waals surface area contributed by atoms with Gasteiger partial charge in [0.15, 0.2) is 0 Å². The number of hydrogen-bond donors (Lipinski definition) is 2. The molecule has 1 heterocycles. The van der Waals surface area contributed by atoms with Gasteiger partial charge in [0.25, 0.3) is 0 Å². The second-order valence-corrected chi connectivity index (χ2v) is 3.72. The van der Waals surface area contributed by atoms with Gasteiger partial charge < -0.3 is 16.2 Å². The molecule has 6 heteroatoms. The van der Waals surface area contributed by atoms with Crippen LogP contribution in [0, 0.1) is 0 Å². The average molecular weight is 246 g/mol. The van der Waals surface area contributed by atoms with Crippen LogP contribution in [0.15, 0.2) is 36.7 Å². The predicted octanol–water partition coefficient (Wildman–Crippen LogP) is 1.49. The van der Waals surface area contributed by atoms with Crippen LogP contribution in [-0.2, 0) is 0 Å². The Morgan fingerprint density at radius 2 is 1.88 bits per heavy atom. The van der Waals surface area contributed by atoms with Crippen LogP contribution in [0.3, 0.4) is 0 Å². The Morgan fingerprint density at radius 1 is 1.18 bits per heavy atom. The van der Waals surface area contributed by atoms with Gasteiger partial charge in [0.05, 0.1) is 12.4 Å². The molecule has 2 rings (SSSR count). The maximum atomic E-state index is 5.57. The summed E-state index contributed by atoms with van der Waals surface area (Å²) in [5.74, 6) is 0.952. The minimum absolute atomic E-state index is 0.181. The summed E-state index contributed by atoms with van der Waals surface area (Å²) in [5, 5.41) is 0. The zero-order chi connectivity index (χ0) is 12.3. The number of nitrogens with two attached hydrogens (primary N) is 2. The van der Waals surface area contributed by atoms with Crippen LogP contribution in [0.2, 0.25) is 0 Å². The number of benzene rings is 1. The van der Waals surface area contributed by atoms with Crippen molar-refractivity contribution >= 4 is 22.9 Å². The first-order valence-corrected chi connectivity index (χ1v) is 5.21. The van der Waals surface area contributed by atoms with E-state index < -0.39 is 0 Å². The van der Waals surface area contributed by atoms with Crippen molar-refractivity contribution in [2.45, 2.75) is 0 Å². The van der Waals surface area contributed by atoms with Crippen molar-refractivity contribution in [2.75, 3.05) is 5.73 Å². The van der Waals surface area contributed by atoms with Crippen molar-refractivity contribution < 1.29 is 4.74 Å². The van der Waals surface area contributed by atoms with Gasteiger partial charge >= 0.3 is 0 Å². The maximum Gasteiger partial charge on any atom is 0.238 e. The molecular weight excluding hydrogens is 236 g/mol. The summed E-state index contributed by atoms with van der Waals surface area (Å²) in [7, 11) is 0. The van der Waals surface area contributed by atoms with Gasteiger partial charge in [-0.15, -0.1) is 0 Å². The minimum atomic E-state index is 0.181. The van der Waals surface area contributed by atoms with Gasteiger partial charge in [-0.25, -0.2) is 4.98 Å². The van der Waals surface area contributed by atoms with Crippen LogP contribution in [0.5, 0.6) is 11.6 Å². The van der Waals surface area contributed by atoms with Crippen molar-refractivity contribution in [2.24, 2.45) is 5.73 Å². The van der Waals surface area contributed by atoms with E-state index in [0.717, 1.165) is 0 Å². The van der Waals surface area contributed by atoms with Crippen molar-refractivity contribution in [1.29, 1.82) is 0 Å². The van der Waals surface area contributed by atoms with Gasteiger partial charge in [0.2, 0.25) is 5.88 Å². The fourth-order valence-corrected chi connectivity index (χ4v) is 1.27. The number of ether oxygens (including phenoxy) is 1. The molecule has 0 spiro atoms. The van der Waals surface area contributed by atoms with E-state index in [1.807, 2.05) is 0 Å². The van der Waals surface area contributed by atoms with Crippen LogP contribution in [0.4, 0.5) is 5.69 Å². The van der Waals surface area contributed by atoms with Gasteiger partial charge in [-0.2, -0.15) is 0 Å². The summed E-state index contributed by atoms with van der Waals surface area (Å²) in [6.07, 6.45) is 2.97. The Labute approximate surface area is 103 Å². The van der Waals surface area contributed by atoms with Crippen molar-refractivity contribution in [3.63, 3.8) is 0 Å². The van der Waals surface area contributed by atoms with E-state index in [9.17, 15) is 0 Å². The highest BCUT2D eigenvalue weighted by atomic mass is 32.1. The summed E-state index contributed by atoms with van der Waals surface area (Å²) in [6.45, 7) is 0. The third-order valence-corrected chi connectivity index (χ3v) is 2.18. The molecule has 0 atom stereocenters. The van der Waals surface area contributed by atoms with Crippen LogP contribution >= 0.6 is 12.2 Å². The second kappa shape index (κ2) is 4.75. The Bertz CT molecular complexity index is 541. The molecule has 0 aliphatic heterocycles. The smallest absolute Gasteiger partial charge is 0.238 e. The summed E-state index contributed by atoms with van der Waals surface area (Å²) >= 11 is 4.81. The molecule has 4 N–H and O–H groups in total. The lowest BCUT2D eigenvalue weighted by atomic mass is 10.3. The molecule has 86 valence electrons. The fourth-order valence-electron chi connectivity index (χ4n) is 1.17. The first kappa shape index (κ1) is 11.3. The first-order chi connectivity index (χ1) is 8.15. The molecule has 17 heavy (non-hydrogen) atoms. The largest absolute Gasteiger partial charge is 0.437 e. The molecule has 0 bridgehead atoms. The molecule has 0 amide bonds. The van der Waals surface area contributed by atoms with Gasteiger partial charge in [0, 0.05) is 5.69 Å². The molecule has 0 aliphatic carbocycles. The van der Waals surface area contributed by atoms with Crippen LogP contribution < -0.4 is 16.2 Å². The molecule has 2 aromatic rings. The number of thiocarbonyl (C=S) groups is 1. The minimum Gasteiger partial charge on any atom is -0.437 e. The van der Waals surface area contributed by atoms with E-state index in [0.29, 0.717) is 23.0 Å². The van der Waals surface area contributed by atoms with E-state index in [4.69, 9.17) is 28.4 Å². The standard InChI is InChI=1S/C11H10N4OS/c12-7-1-3-8(4-2-7)16-10-6-14-5-9(15-10)11(13)17/h1-6H,12H2,(H2,13,17). The van der Waals surface area contributed by atoms with E-state index in [1.165, 1.54) is 12.4 Å². The highest BCUT2D eigenvalue weighted by molar-refractivity contribution is 7.80. The van der Waals surface area contributed by atoms with Crippen molar-refractivity contribution in [3.8, 4) is 11.6 Å². The Hall–Kier alpha value is -2.21. The van der Waals surface area contributed by atoms with Crippen LogP contribution in [-0.4, -0.2) is 15.0 Å². The topological polar surface area (TPSA) is 87.0 Å². The van der Waals surface area contributed by atoms with Crippen LogP contribution in [0.25, 0.3) is 0 Å².